The lowest BCUT2D eigenvalue weighted by molar-refractivity contribution is 0.459. The molecule has 0 aliphatic heterocycles. The summed E-state index contributed by atoms with van der Waals surface area (Å²) in [6.07, 6.45) is 2.75. The maximum atomic E-state index is 6.11. The molecule has 0 radical (unpaired) electrons. The van der Waals surface area contributed by atoms with E-state index in [1.54, 1.807) is 6.26 Å². The van der Waals surface area contributed by atoms with Crippen LogP contribution in [0.4, 0.5) is 0 Å². The van der Waals surface area contributed by atoms with Crippen LogP contribution in [-0.4, -0.2) is 6.54 Å². The maximum absolute atomic E-state index is 6.11. The first-order valence-electron chi connectivity index (χ1n) is 7.16. The Kier molecular flexibility index (Phi) is 4.17. The van der Waals surface area contributed by atoms with Crippen molar-refractivity contribution in [1.29, 1.82) is 0 Å². The van der Waals surface area contributed by atoms with Crippen LogP contribution in [0.3, 0.4) is 0 Å². The fourth-order valence-corrected chi connectivity index (χ4v) is 3.00. The number of fused-ring (bicyclic) bond motifs is 1. The summed E-state index contributed by atoms with van der Waals surface area (Å²) >= 11 is 3.47. The number of nitrogens with one attached hydrogen (secondary N) is 1. The van der Waals surface area contributed by atoms with E-state index in [9.17, 15) is 0 Å². The number of para-hydroxylation sites is 1. The molecule has 0 saturated heterocycles. The predicted octanol–water partition coefficient (Wildman–Crippen LogP) is 5.19. The van der Waals surface area contributed by atoms with Crippen molar-refractivity contribution in [2.45, 2.75) is 26.3 Å². The van der Waals surface area contributed by atoms with Crippen LogP contribution >= 0.6 is 15.9 Å². The number of benzene rings is 1. The minimum atomic E-state index is -0.00938. The van der Waals surface area contributed by atoms with Crippen LogP contribution in [0.1, 0.15) is 36.3 Å². The van der Waals surface area contributed by atoms with Gasteiger partial charge in [0, 0.05) is 10.9 Å². The number of aryl methyl sites for hydroxylation is 1. The highest BCUT2D eigenvalue weighted by Gasteiger charge is 2.22. The summed E-state index contributed by atoms with van der Waals surface area (Å²) in [6.45, 7) is 5.13. The van der Waals surface area contributed by atoms with Gasteiger partial charge in [-0.05, 0) is 53.5 Å². The summed E-state index contributed by atoms with van der Waals surface area (Å²) < 4.78 is 12.2. The first kappa shape index (κ1) is 14.4. The van der Waals surface area contributed by atoms with Crippen molar-refractivity contribution in [2.24, 2.45) is 0 Å². The molecule has 0 fully saturated rings. The first-order chi connectivity index (χ1) is 10.2. The second-order valence-electron chi connectivity index (χ2n) is 5.18. The Labute approximate surface area is 132 Å². The number of hydrogen-bond acceptors (Lipinski definition) is 3. The van der Waals surface area contributed by atoms with Crippen LogP contribution in [0.15, 0.2) is 50.1 Å². The molecule has 0 saturated carbocycles. The molecule has 3 rings (SSSR count). The molecule has 0 spiro atoms. The highest BCUT2D eigenvalue weighted by atomic mass is 79.9. The smallest absolute Gasteiger partial charge is 0.174 e. The van der Waals surface area contributed by atoms with E-state index in [0.717, 1.165) is 45.5 Å². The van der Waals surface area contributed by atoms with Gasteiger partial charge in [0.1, 0.15) is 11.3 Å². The summed E-state index contributed by atoms with van der Waals surface area (Å²) in [5.74, 6) is 0.912. The van der Waals surface area contributed by atoms with Crippen LogP contribution in [0, 0.1) is 6.92 Å². The van der Waals surface area contributed by atoms with Crippen molar-refractivity contribution in [1.82, 2.24) is 5.32 Å². The van der Waals surface area contributed by atoms with Gasteiger partial charge in [-0.2, -0.15) is 0 Å². The van der Waals surface area contributed by atoms with E-state index < -0.39 is 0 Å². The molecule has 0 bridgehead atoms. The minimum Gasteiger partial charge on any atom is -0.459 e. The van der Waals surface area contributed by atoms with Crippen molar-refractivity contribution >= 4 is 26.9 Å². The van der Waals surface area contributed by atoms with E-state index in [-0.39, 0.29) is 6.04 Å². The lowest BCUT2D eigenvalue weighted by Crippen LogP contribution is -2.22. The minimum absolute atomic E-state index is 0.00938. The highest BCUT2D eigenvalue weighted by molar-refractivity contribution is 9.10. The fourth-order valence-electron chi connectivity index (χ4n) is 2.53. The number of hydrogen-bond donors (Lipinski definition) is 1. The van der Waals surface area contributed by atoms with Gasteiger partial charge < -0.3 is 14.2 Å². The second kappa shape index (κ2) is 6.08. The molecule has 2 aromatic heterocycles. The van der Waals surface area contributed by atoms with Gasteiger partial charge in [-0.15, -0.1) is 0 Å². The molecule has 1 N–H and O–H groups in total. The fraction of sp³-hybridized carbons (Fsp3) is 0.294. The standard InChI is InChI=1S/C17H18BrNO2/c1-3-8-19-15(13-7-9-20-17(13)18)14-10-12-6-4-5-11(2)16(12)21-14/h4-7,9-10,15,19H,3,8H2,1-2H3. The third-order valence-corrected chi connectivity index (χ3v) is 4.24. The Morgan fingerprint density at radius 3 is 2.81 bits per heavy atom. The molecule has 1 aromatic carbocycles. The Morgan fingerprint density at radius 2 is 2.14 bits per heavy atom. The summed E-state index contributed by atoms with van der Waals surface area (Å²) in [4.78, 5) is 0. The van der Waals surface area contributed by atoms with Crippen LogP contribution in [-0.2, 0) is 0 Å². The maximum Gasteiger partial charge on any atom is 0.174 e. The Balaban J connectivity index is 2.05. The lowest BCUT2D eigenvalue weighted by atomic mass is 10.1. The second-order valence-corrected chi connectivity index (χ2v) is 5.90. The van der Waals surface area contributed by atoms with E-state index in [1.807, 2.05) is 6.07 Å². The van der Waals surface area contributed by atoms with Crippen molar-refractivity contribution in [3.8, 4) is 0 Å². The molecule has 3 aromatic rings. The van der Waals surface area contributed by atoms with Crippen LogP contribution in [0.2, 0.25) is 0 Å². The molecule has 21 heavy (non-hydrogen) atoms. The van der Waals surface area contributed by atoms with E-state index in [0.29, 0.717) is 0 Å². The summed E-state index contributed by atoms with van der Waals surface area (Å²) in [6, 6.07) is 10.3. The Hall–Kier alpha value is -1.52. The summed E-state index contributed by atoms with van der Waals surface area (Å²) in [7, 11) is 0. The van der Waals surface area contributed by atoms with Gasteiger partial charge >= 0.3 is 0 Å². The van der Waals surface area contributed by atoms with Gasteiger partial charge in [-0.1, -0.05) is 25.1 Å². The van der Waals surface area contributed by atoms with E-state index >= 15 is 0 Å². The monoisotopic (exact) mass is 347 g/mol. The molecule has 2 heterocycles. The van der Waals surface area contributed by atoms with Gasteiger partial charge in [0.25, 0.3) is 0 Å². The average molecular weight is 348 g/mol. The van der Waals surface area contributed by atoms with Crippen LogP contribution < -0.4 is 5.32 Å². The third kappa shape index (κ3) is 2.78. The predicted molar refractivity (Wildman–Crippen MR) is 87.5 cm³/mol. The zero-order valence-electron chi connectivity index (χ0n) is 12.2. The van der Waals surface area contributed by atoms with Gasteiger partial charge in [0.2, 0.25) is 0 Å². The molecule has 1 atom stereocenters. The molecular weight excluding hydrogens is 330 g/mol. The first-order valence-corrected chi connectivity index (χ1v) is 7.95. The highest BCUT2D eigenvalue weighted by Crippen LogP contribution is 2.33. The number of halogens is 1. The topological polar surface area (TPSA) is 38.3 Å². The van der Waals surface area contributed by atoms with Crippen molar-refractivity contribution in [2.75, 3.05) is 6.54 Å². The molecule has 110 valence electrons. The Bertz CT molecular complexity index is 744. The molecule has 0 aliphatic carbocycles. The van der Waals surface area contributed by atoms with Crippen molar-refractivity contribution < 1.29 is 8.83 Å². The van der Waals surface area contributed by atoms with Gasteiger partial charge in [-0.3, -0.25) is 0 Å². The van der Waals surface area contributed by atoms with Gasteiger partial charge in [0.05, 0.1) is 12.3 Å². The van der Waals surface area contributed by atoms with E-state index in [2.05, 4.69) is 59.4 Å². The molecule has 3 nitrogen and oxygen atoms in total. The average Bonchev–Trinajstić information content (AvgIpc) is 3.07. The van der Waals surface area contributed by atoms with Gasteiger partial charge in [0.15, 0.2) is 4.67 Å². The number of rotatable bonds is 5. The van der Waals surface area contributed by atoms with Gasteiger partial charge in [-0.25, -0.2) is 0 Å². The number of furan rings is 2. The zero-order chi connectivity index (χ0) is 14.8. The van der Waals surface area contributed by atoms with E-state index in [1.165, 1.54) is 0 Å². The summed E-state index contributed by atoms with van der Waals surface area (Å²) in [5.41, 5.74) is 3.16. The SMILES string of the molecule is CCCNC(c1cc2cccc(C)c2o1)c1ccoc1Br. The molecule has 0 aliphatic rings. The molecule has 4 heteroatoms. The quantitative estimate of drug-likeness (QED) is 0.690. The van der Waals surface area contributed by atoms with Crippen molar-refractivity contribution in [3.63, 3.8) is 0 Å². The van der Waals surface area contributed by atoms with Crippen molar-refractivity contribution in [3.05, 3.63) is 58.2 Å². The molecule has 0 amide bonds. The molecule has 1 unspecified atom stereocenters. The lowest BCUT2D eigenvalue weighted by Gasteiger charge is -2.15. The molecular formula is C17H18BrNO2. The normalized spacial score (nSPS) is 12.9. The van der Waals surface area contributed by atoms with Crippen LogP contribution in [0.5, 0.6) is 0 Å². The van der Waals surface area contributed by atoms with E-state index in [4.69, 9.17) is 8.83 Å². The third-order valence-electron chi connectivity index (χ3n) is 3.60. The Morgan fingerprint density at radius 1 is 1.29 bits per heavy atom. The largest absolute Gasteiger partial charge is 0.459 e. The zero-order valence-corrected chi connectivity index (χ0v) is 13.7. The van der Waals surface area contributed by atoms with Crippen LogP contribution in [0.25, 0.3) is 11.0 Å². The summed E-state index contributed by atoms with van der Waals surface area (Å²) in [5, 5.41) is 4.66.